The predicted molar refractivity (Wildman–Crippen MR) is 122 cm³/mol. The van der Waals surface area contributed by atoms with Crippen molar-refractivity contribution in [2.24, 2.45) is 0 Å². The second kappa shape index (κ2) is 11.1. The first-order chi connectivity index (χ1) is 15.1. The highest BCUT2D eigenvalue weighted by Crippen LogP contribution is 2.29. The Morgan fingerprint density at radius 1 is 1.06 bits per heavy atom. The molecule has 1 heterocycles. The van der Waals surface area contributed by atoms with Crippen LogP contribution >= 0.6 is 0 Å². The average Bonchev–Trinajstić information content (AvgIpc) is 2.80. The molecular weight excluding hydrogens is 388 g/mol. The van der Waals surface area contributed by atoms with Crippen LogP contribution in [0, 0.1) is 0 Å². The number of unbranched alkanes of at least 4 members (excludes halogenated alkanes) is 2. The molecule has 0 aliphatic heterocycles. The molecule has 0 saturated heterocycles. The van der Waals surface area contributed by atoms with E-state index in [0.29, 0.717) is 17.9 Å². The van der Waals surface area contributed by atoms with Crippen LogP contribution in [0.15, 0.2) is 91.3 Å². The maximum atomic E-state index is 12.5. The summed E-state index contributed by atoms with van der Waals surface area (Å²) in [7, 11) is 0. The zero-order valence-corrected chi connectivity index (χ0v) is 17.7. The van der Waals surface area contributed by atoms with Crippen molar-refractivity contribution in [2.45, 2.75) is 38.3 Å². The summed E-state index contributed by atoms with van der Waals surface area (Å²) in [6, 6.07) is 20.4. The molecule has 3 aromatic rings. The van der Waals surface area contributed by atoms with E-state index >= 15 is 0 Å². The fraction of sp³-hybridized carbons (Fsp3) is 0.231. The highest BCUT2D eigenvalue weighted by Gasteiger charge is 2.37. The predicted octanol–water partition coefficient (Wildman–Crippen LogP) is 5.69. The quantitative estimate of drug-likeness (QED) is 0.310. The number of carbonyl (C=O) groups is 1. The van der Waals surface area contributed by atoms with Gasteiger partial charge < -0.3 is 9.84 Å². The molecule has 0 radical (unpaired) electrons. The van der Waals surface area contributed by atoms with Crippen molar-refractivity contribution in [3.63, 3.8) is 0 Å². The van der Waals surface area contributed by atoms with Gasteiger partial charge in [-0.3, -0.25) is 10.3 Å². The topological polar surface area (TPSA) is 71.5 Å². The van der Waals surface area contributed by atoms with Crippen LogP contribution in [0.3, 0.4) is 0 Å². The molecule has 2 aromatic carbocycles. The van der Waals surface area contributed by atoms with Crippen LogP contribution in [0.5, 0.6) is 11.5 Å². The standard InChI is InChI=1S/C26H28N2O3/c1-2-3-4-8-17-26(25(29)30,28-20-21-10-9-18-27-19-21)22-13-15-24(16-14-22)31-23-11-6-5-7-12-23/h5-19,28H,2-4,20H2,1H3,(H,29,30)/b17-8+. The number of nitrogens with zero attached hydrogens (tertiary/aromatic N) is 1. The van der Waals surface area contributed by atoms with Gasteiger partial charge in [0.25, 0.3) is 0 Å². The number of benzene rings is 2. The van der Waals surface area contributed by atoms with Gasteiger partial charge in [0.1, 0.15) is 11.5 Å². The van der Waals surface area contributed by atoms with E-state index in [0.717, 1.165) is 30.6 Å². The third-order valence-electron chi connectivity index (χ3n) is 5.01. The minimum absolute atomic E-state index is 0.376. The smallest absolute Gasteiger partial charge is 0.332 e. The van der Waals surface area contributed by atoms with Crippen molar-refractivity contribution in [1.82, 2.24) is 10.3 Å². The van der Waals surface area contributed by atoms with Crippen molar-refractivity contribution in [3.05, 3.63) is 102 Å². The van der Waals surface area contributed by atoms with E-state index in [4.69, 9.17) is 4.74 Å². The Balaban J connectivity index is 1.87. The molecule has 0 aliphatic rings. The molecule has 0 bridgehead atoms. The third-order valence-corrected chi connectivity index (χ3v) is 5.01. The largest absolute Gasteiger partial charge is 0.479 e. The summed E-state index contributed by atoms with van der Waals surface area (Å²) < 4.78 is 5.85. The highest BCUT2D eigenvalue weighted by molar-refractivity contribution is 5.83. The number of allylic oxidation sites excluding steroid dienone is 1. The second-order valence-corrected chi connectivity index (χ2v) is 7.31. The van der Waals surface area contributed by atoms with Crippen molar-refractivity contribution >= 4 is 5.97 Å². The van der Waals surface area contributed by atoms with Gasteiger partial charge in [-0.15, -0.1) is 0 Å². The zero-order valence-electron chi connectivity index (χ0n) is 17.7. The summed E-state index contributed by atoms with van der Waals surface area (Å²) in [6.07, 6.45) is 10.0. The van der Waals surface area contributed by atoms with E-state index < -0.39 is 11.5 Å². The zero-order chi connectivity index (χ0) is 21.9. The van der Waals surface area contributed by atoms with Gasteiger partial charge in [-0.05, 0) is 47.9 Å². The van der Waals surface area contributed by atoms with E-state index in [1.54, 1.807) is 42.7 Å². The molecule has 1 atom stereocenters. The van der Waals surface area contributed by atoms with E-state index in [1.807, 2.05) is 48.5 Å². The first-order valence-electron chi connectivity index (χ1n) is 10.5. The third kappa shape index (κ3) is 6.03. The molecule has 31 heavy (non-hydrogen) atoms. The molecule has 0 saturated carbocycles. The maximum absolute atomic E-state index is 12.5. The molecule has 0 fully saturated rings. The minimum atomic E-state index is -1.35. The maximum Gasteiger partial charge on any atom is 0.332 e. The van der Waals surface area contributed by atoms with Gasteiger partial charge in [0.2, 0.25) is 0 Å². The summed E-state index contributed by atoms with van der Waals surface area (Å²) >= 11 is 0. The molecule has 5 nitrogen and oxygen atoms in total. The molecule has 3 rings (SSSR count). The number of carboxylic acids is 1. The highest BCUT2D eigenvalue weighted by atomic mass is 16.5. The molecule has 0 amide bonds. The molecule has 160 valence electrons. The van der Waals surface area contributed by atoms with Crippen LogP contribution in [-0.2, 0) is 16.9 Å². The van der Waals surface area contributed by atoms with Crippen LogP contribution < -0.4 is 10.1 Å². The summed E-state index contributed by atoms with van der Waals surface area (Å²) in [4.78, 5) is 16.6. The Morgan fingerprint density at radius 3 is 2.45 bits per heavy atom. The Morgan fingerprint density at radius 2 is 1.81 bits per heavy atom. The number of hydrogen-bond acceptors (Lipinski definition) is 4. The lowest BCUT2D eigenvalue weighted by molar-refractivity contribution is -0.143. The van der Waals surface area contributed by atoms with E-state index in [2.05, 4.69) is 17.2 Å². The fourth-order valence-corrected chi connectivity index (χ4v) is 3.26. The summed E-state index contributed by atoms with van der Waals surface area (Å²) in [6.45, 7) is 2.49. The Hall–Kier alpha value is -3.44. The van der Waals surface area contributed by atoms with Gasteiger partial charge in [-0.1, -0.05) is 68.3 Å². The van der Waals surface area contributed by atoms with Crippen molar-refractivity contribution < 1.29 is 14.6 Å². The number of pyridine rings is 1. The molecule has 0 aliphatic carbocycles. The van der Waals surface area contributed by atoms with Gasteiger partial charge in [0.15, 0.2) is 5.54 Å². The van der Waals surface area contributed by atoms with Crippen LogP contribution in [0.25, 0.3) is 0 Å². The number of aromatic nitrogens is 1. The lowest BCUT2D eigenvalue weighted by Crippen LogP contribution is -2.47. The Bertz CT molecular complexity index is 973. The first kappa shape index (κ1) is 22.2. The second-order valence-electron chi connectivity index (χ2n) is 7.31. The molecule has 1 aromatic heterocycles. The number of carboxylic acid groups (broad SMARTS) is 1. The normalized spacial score (nSPS) is 13.1. The van der Waals surface area contributed by atoms with Crippen molar-refractivity contribution in [3.8, 4) is 11.5 Å². The number of para-hydroxylation sites is 1. The lowest BCUT2D eigenvalue weighted by Gasteiger charge is -2.28. The molecular formula is C26H28N2O3. The van der Waals surface area contributed by atoms with Crippen molar-refractivity contribution in [2.75, 3.05) is 0 Å². The summed E-state index contributed by atoms with van der Waals surface area (Å²) in [5.41, 5.74) is 0.200. The van der Waals surface area contributed by atoms with Crippen LogP contribution in [-0.4, -0.2) is 16.1 Å². The van der Waals surface area contributed by atoms with Gasteiger partial charge in [-0.25, -0.2) is 4.79 Å². The fourth-order valence-electron chi connectivity index (χ4n) is 3.26. The van der Waals surface area contributed by atoms with Crippen molar-refractivity contribution in [1.29, 1.82) is 0 Å². The summed E-state index contributed by atoms with van der Waals surface area (Å²) in [5, 5.41) is 13.5. The lowest BCUT2D eigenvalue weighted by atomic mass is 9.88. The van der Waals surface area contributed by atoms with Gasteiger partial charge in [0, 0.05) is 18.9 Å². The van der Waals surface area contributed by atoms with Crippen LogP contribution in [0.4, 0.5) is 0 Å². The van der Waals surface area contributed by atoms with Crippen LogP contribution in [0.1, 0.15) is 37.3 Å². The van der Waals surface area contributed by atoms with E-state index in [1.165, 1.54) is 0 Å². The molecule has 5 heteroatoms. The number of rotatable bonds is 11. The van der Waals surface area contributed by atoms with Gasteiger partial charge >= 0.3 is 5.97 Å². The molecule has 1 unspecified atom stereocenters. The monoisotopic (exact) mass is 416 g/mol. The van der Waals surface area contributed by atoms with Gasteiger partial charge in [-0.2, -0.15) is 0 Å². The average molecular weight is 417 g/mol. The minimum Gasteiger partial charge on any atom is -0.479 e. The Kier molecular flexibility index (Phi) is 7.96. The number of hydrogen-bond donors (Lipinski definition) is 2. The van der Waals surface area contributed by atoms with Gasteiger partial charge in [0.05, 0.1) is 0 Å². The summed E-state index contributed by atoms with van der Waals surface area (Å²) in [5.74, 6) is 0.422. The Labute approximate surface area is 183 Å². The molecule has 0 spiro atoms. The van der Waals surface area contributed by atoms with E-state index in [9.17, 15) is 9.90 Å². The van der Waals surface area contributed by atoms with E-state index in [-0.39, 0.29) is 0 Å². The number of nitrogens with one attached hydrogen (secondary N) is 1. The van der Waals surface area contributed by atoms with Crippen LogP contribution in [0.2, 0.25) is 0 Å². The molecule has 2 N–H and O–H groups in total. The number of ether oxygens (including phenoxy) is 1. The first-order valence-corrected chi connectivity index (χ1v) is 10.5. The SMILES string of the molecule is CCCC/C=C/C(NCc1cccnc1)(C(=O)O)c1ccc(Oc2ccccc2)cc1. The number of aliphatic carboxylic acids is 1.